The maximum absolute atomic E-state index is 6.61. The second kappa shape index (κ2) is 8.53. The van der Waals surface area contributed by atoms with Gasteiger partial charge in [-0.3, -0.25) is 0 Å². The zero-order chi connectivity index (χ0) is 20.5. The number of H-pyrrole nitrogens is 1. The number of fused-ring (bicyclic) bond motifs is 1. The number of anilines is 1. The largest absolute Gasteiger partial charge is 0.367 e. The van der Waals surface area contributed by atoms with Gasteiger partial charge in [0, 0.05) is 34.8 Å². The number of aromatic nitrogens is 3. The number of nitrogens with zero attached hydrogens (tertiary/aromatic N) is 3. The van der Waals surface area contributed by atoms with Gasteiger partial charge in [-0.15, -0.1) is 0 Å². The molecular weight excluding hydrogens is 396 g/mol. The lowest BCUT2D eigenvalue weighted by atomic mass is 9.93. The third-order valence-corrected chi connectivity index (χ3v) is 6.81. The summed E-state index contributed by atoms with van der Waals surface area (Å²) in [5, 5.41) is 8.76. The Hall–Kier alpha value is -2.15. The molecule has 0 aromatic carbocycles. The molecule has 5 rings (SSSR count). The van der Waals surface area contributed by atoms with E-state index < -0.39 is 0 Å². The normalized spacial score (nSPS) is 19.4. The van der Waals surface area contributed by atoms with Gasteiger partial charge in [-0.2, -0.15) is 0 Å². The molecule has 3 N–H and O–H groups in total. The fraction of sp³-hybridized carbons (Fsp3) is 0.478. The van der Waals surface area contributed by atoms with Crippen molar-refractivity contribution in [3.63, 3.8) is 0 Å². The minimum absolute atomic E-state index is 0.452. The monoisotopic (exact) mass is 424 g/mol. The molecule has 3 aromatic heterocycles. The maximum atomic E-state index is 6.61. The van der Waals surface area contributed by atoms with Gasteiger partial charge in [-0.05, 0) is 83.2 Å². The molecule has 6 nitrogen and oxygen atoms in total. The van der Waals surface area contributed by atoms with Crippen LogP contribution in [0.2, 0.25) is 5.02 Å². The molecule has 5 heterocycles. The van der Waals surface area contributed by atoms with E-state index in [4.69, 9.17) is 16.6 Å². The summed E-state index contributed by atoms with van der Waals surface area (Å²) in [6, 6.07) is 8.67. The molecule has 0 aliphatic carbocycles. The predicted octanol–water partition coefficient (Wildman–Crippen LogP) is 4.25. The highest BCUT2D eigenvalue weighted by atomic mass is 35.5. The van der Waals surface area contributed by atoms with Crippen molar-refractivity contribution in [3.05, 3.63) is 41.2 Å². The average molecular weight is 425 g/mol. The van der Waals surface area contributed by atoms with Crippen molar-refractivity contribution >= 4 is 28.5 Å². The Morgan fingerprint density at radius 2 is 1.90 bits per heavy atom. The van der Waals surface area contributed by atoms with Crippen molar-refractivity contribution in [2.24, 2.45) is 0 Å². The molecule has 7 heteroatoms. The van der Waals surface area contributed by atoms with Crippen LogP contribution in [0.1, 0.15) is 37.3 Å². The van der Waals surface area contributed by atoms with Gasteiger partial charge in [0.25, 0.3) is 0 Å². The van der Waals surface area contributed by atoms with Crippen molar-refractivity contribution in [2.75, 3.05) is 38.5 Å². The Morgan fingerprint density at radius 3 is 2.70 bits per heavy atom. The molecule has 0 amide bonds. The lowest BCUT2D eigenvalue weighted by Crippen LogP contribution is -2.35. The molecule has 0 atom stereocenters. The molecule has 30 heavy (non-hydrogen) atoms. The first-order valence-electron chi connectivity index (χ1n) is 11.0. The number of pyridine rings is 2. The smallest absolute Gasteiger partial charge is 0.138 e. The van der Waals surface area contributed by atoms with Gasteiger partial charge in [-0.1, -0.05) is 11.6 Å². The van der Waals surface area contributed by atoms with E-state index in [0.717, 1.165) is 67.1 Å². The Kier molecular flexibility index (Phi) is 5.63. The summed E-state index contributed by atoms with van der Waals surface area (Å²) >= 11 is 6.61. The van der Waals surface area contributed by atoms with E-state index in [0.29, 0.717) is 17.0 Å². The lowest BCUT2D eigenvalue weighted by Gasteiger charge is -2.28. The molecule has 0 saturated carbocycles. The van der Waals surface area contributed by atoms with Gasteiger partial charge in [0.15, 0.2) is 0 Å². The van der Waals surface area contributed by atoms with Gasteiger partial charge in [-0.25, -0.2) is 9.97 Å². The highest BCUT2D eigenvalue weighted by molar-refractivity contribution is 6.33. The lowest BCUT2D eigenvalue weighted by molar-refractivity contribution is 0.254. The summed E-state index contributed by atoms with van der Waals surface area (Å²) in [5.74, 6) is 1.44. The Morgan fingerprint density at radius 1 is 1.10 bits per heavy atom. The summed E-state index contributed by atoms with van der Waals surface area (Å²) in [7, 11) is 2.19. The van der Waals surface area contributed by atoms with Crippen LogP contribution in [0, 0.1) is 0 Å². The van der Waals surface area contributed by atoms with E-state index in [1.54, 1.807) is 0 Å². The molecule has 2 aliphatic rings. The van der Waals surface area contributed by atoms with Crippen LogP contribution in [0.25, 0.3) is 22.3 Å². The van der Waals surface area contributed by atoms with Crippen molar-refractivity contribution < 1.29 is 0 Å². The Balaban J connectivity index is 1.47. The van der Waals surface area contributed by atoms with Gasteiger partial charge in [0.05, 0.1) is 10.7 Å². The first-order chi connectivity index (χ1) is 14.7. The number of likely N-dealkylation sites (tertiary alicyclic amines) is 1. The van der Waals surface area contributed by atoms with Crippen LogP contribution >= 0.6 is 11.6 Å². The van der Waals surface area contributed by atoms with Crippen molar-refractivity contribution in [1.29, 1.82) is 0 Å². The van der Waals surface area contributed by atoms with Crippen molar-refractivity contribution in [1.82, 2.24) is 25.2 Å². The second-order valence-corrected chi connectivity index (χ2v) is 9.03. The van der Waals surface area contributed by atoms with E-state index in [-0.39, 0.29) is 0 Å². The average Bonchev–Trinajstić information content (AvgIpc) is 3.21. The number of nitrogens with one attached hydrogen (secondary N) is 3. The molecule has 0 unspecified atom stereocenters. The van der Waals surface area contributed by atoms with E-state index in [1.165, 1.54) is 18.5 Å². The maximum Gasteiger partial charge on any atom is 0.138 e. The van der Waals surface area contributed by atoms with Crippen molar-refractivity contribution in [3.8, 4) is 11.3 Å². The number of halogens is 1. The van der Waals surface area contributed by atoms with Gasteiger partial charge >= 0.3 is 0 Å². The van der Waals surface area contributed by atoms with Crippen LogP contribution in [0.3, 0.4) is 0 Å². The SMILES string of the molecule is CN1CCC(c2cc3c(-c4nc(NC5CCNCC5)ccc4Cl)ccnc3[nH]2)CC1. The summed E-state index contributed by atoms with van der Waals surface area (Å²) in [6.07, 6.45) is 6.41. The fourth-order valence-corrected chi connectivity index (χ4v) is 4.89. The minimum atomic E-state index is 0.452. The number of piperidine rings is 2. The van der Waals surface area contributed by atoms with Gasteiger partial charge in [0.2, 0.25) is 0 Å². The fourth-order valence-electron chi connectivity index (χ4n) is 4.68. The topological polar surface area (TPSA) is 68.9 Å². The summed E-state index contributed by atoms with van der Waals surface area (Å²) in [5.41, 5.74) is 4.04. The standard InChI is InChI=1S/C23H29ClN6/c1-30-12-7-15(8-13-30)20-14-18-17(6-11-26-23(18)28-20)22-19(24)2-3-21(29-22)27-16-4-9-25-10-5-16/h2-3,6,11,14-16,25H,4-5,7-10,12-13H2,1H3,(H,26,28)(H,27,29). The summed E-state index contributed by atoms with van der Waals surface area (Å²) < 4.78 is 0. The molecular formula is C23H29ClN6. The molecule has 2 aliphatic heterocycles. The zero-order valence-electron chi connectivity index (χ0n) is 17.4. The third kappa shape index (κ3) is 4.04. The Labute approximate surface area is 182 Å². The highest BCUT2D eigenvalue weighted by Gasteiger charge is 2.22. The van der Waals surface area contributed by atoms with Crippen LogP contribution in [0.15, 0.2) is 30.5 Å². The molecule has 2 fully saturated rings. The number of hydrogen-bond donors (Lipinski definition) is 3. The molecule has 0 bridgehead atoms. The van der Waals surface area contributed by atoms with Crippen LogP contribution in [-0.4, -0.2) is 59.1 Å². The minimum Gasteiger partial charge on any atom is -0.367 e. The third-order valence-electron chi connectivity index (χ3n) is 6.50. The van der Waals surface area contributed by atoms with Crippen LogP contribution in [0.5, 0.6) is 0 Å². The van der Waals surface area contributed by atoms with Crippen LogP contribution in [-0.2, 0) is 0 Å². The molecule has 158 valence electrons. The quantitative estimate of drug-likeness (QED) is 0.584. The first-order valence-corrected chi connectivity index (χ1v) is 11.4. The summed E-state index contributed by atoms with van der Waals surface area (Å²) in [4.78, 5) is 15.5. The van der Waals surface area contributed by atoms with Crippen LogP contribution in [0.4, 0.5) is 5.82 Å². The molecule has 0 spiro atoms. The van der Waals surface area contributed by atoms with E-state index in [9.17, 15) is 0 Å². The highest BCUT2D eigenvalue weighted by Crippen LogP contribution is 2.35. The van der Waals surface area contributed by atoms with E-state index in [1.807, 2.05) is 24.4 Å². The second-order valence-electron chi connectivity index (χ2n) is 8.62. The van der Waals surface area contributed by atoms with Gasteiger partial charge in [0.1, 0.15) is 11.5 Å². The van der Waals surface area contributed by atoms with Gasteiger partial charge < -0.3 is 20.5 Å². The molecule has 3 aromatic rings. The molecule has 0 radical (unpaired) electrons. The predicted molar refractivity (Wildman–Crippen MR) is 123 cm³/mol. The van der Waals surface area contributed by atoms with E-state index >= 15 is 0 Å². The number of rotatable bonds is 4. The summed E-state index contributed by atoms with van der Waals surface area (Å²) in [6.45, 7) is 4.37. The first kappa shape index (κ1) is 19.8. The van der Waals surface area contributed by atoms with Crippen LogP contribution < -0.4 is 10.6 Å². The van der Waals surface area contributed by atoms with Crippen molar-refractivity contribution in [2.45, 2.75) is 37.6 Å². The van der Waals surface area contributed by atoms with E-state index in [2.05, 4.69) is 38.6 Å². The number of aromatic amines is 1. The number of hydrogen-bond acceptors (Lipinski definition) is 5. The Bertz CT molecular complexity index is 1020. The zero-order valence-corrected chi connectivity index (χ0v) is 18.2. The molecule has 2 saturated heterocycles.